The first-order chi connectivity index (χ1) is 11.3. The van der Waals surface area contributed by atoms with Crippen LogP contribution in [0.5, 0.6) is 0 Å². The van der Waals surface area contributed by atoms with Crippen molar-refractivity contribution in [3.8, 4) is 0 Å². The van der Waals surface area contributed by atoms with Gasteiger partial charge in [-0.05, 0) is 18.6 Å². The topological polar surface area (TPSA) is 60.4 Å². The van der Waals surface area contributed by atoms with Crippen molar-refractivity contribution in [2.45, 2.75) is 13.3 Å². The number of hydrogen-bond donors (Lipinski definition) is 2. The lowest BCUT2D eigenvalue weighted by Gasteiger charge is -2.27. The second-order valence-electron chi connectivity index (χ2n) is 5.79. The second-order valence-corrected chi connectivity index (χ2v) is 6.90. The molecule has 0 radical (unpaired) electrons. The Morgan fingerprint density at radius 1 is 1.00 bits per heavy atom. The van der Waals surface area contributed by atoms with Crippen LogP contribution in [0.3, 0.4) is 0 Å². The number of aryl methyl sites for hydroxylation is 1. The van der Waals surface area contributed by atoms with Gasteiger partial charge in [0.1, 0.15) is 37.3 Å². The number of aromatic nitrogens is 4. The molecule has 0 saturated carbocycles. The van der Waals surface area contributed by atoms with Crippen molar-refractivity contribution in [3.05, 3.63) is 35.7 Å². The molecule has 2 N–H and O–H groups in total. The molecule has 3 aromatic heterocycles. The summed E-state index contributed by atoms with van der Waals surface area (Å²) in [7, 11) is 0. The summed E-state index contributed by atoms with van der Waals surface area (Å²) >= 11 is 1.78. The first-order valence-corrected chi connectivity index (χ1v) is 8.87. The van der Waals surface area contributed by atoms with Crippen LogP contribution >= 0.6 is 11.3 Å². The quantitative estimate of drug-likeness (QED) is 0.699. The zero-order valence-electron chi connectivity index (χ0n) is 13.1. The lowest BCUT2D eigenvalue weighted by atomic mass is 10.2. The summed E-state index contributed by atoms with van der Waals surface area (Å²) in [5, 5.41) is 1.23. The van der Waals surface area contributed by atoms with Crippen LogP contribution in [0.25, 0.3) is 10.2 Å². The highest BCUT2D eigenvalue weighted by Gasteiger charge is 2.29. The lowest BCUT2D eigenvalue weighted by molar-refractivity contribution is -0.954. The van der Waals surface area contributed by atoms with Gasteiger partial charge in [-0.2, -0.15) is 15.0 Å². The molecule has 0 amide bonds. The summed E-state index contributed by atoms with van der Waals surface area (Å²) in [5.74, 6) is 2.06. The third-order valence-corrected chi connectivity index (χ3v) is 5.59. The predicted molar refractivity (Wildman–Crippen MR) is 89.5 cm³/mol. The minimum atomic E-state index is 0.906. The van der Waals surface area contributed by atoms with Crippen LogP contribution in [0.1, 0.15) is 11.8 Å². The molecule has 4 heterocycles. The van der Waals surface area contributed by atoms with Crippen LogP contribution in [0.4, 0.5) is 11.8 Å². The maximum Gasteiger partial charge on any atom is 0.327 e. The van der Waals surface area contributed by atoms with E-state index in [0.29, 0.717) is 0 Å². The highest BCUT2D eigenvalue weighted by molar-refractivity contribution is 7.18. The van der Waals surface area contributed by atoms with Gasteiger partial charge in [-0.1, -0.05) is 6.92 Å². The van der Waals surface area contributed by atoms with E-state index in [1.807, 2.05) is 18.5 Å². The van der Waals surface area contributed by atoms with Gasteiger partial charge in [-0.15, -0.1) is 11.3 Å². The van der Waals surface area contributed by atoms with Gasteiger partial charge in [-0.25, -0.2) is 4.98 Å². The lowest BCUT2D eigenvalue weighted by Crippen LogP contribution is -3.24. The van der Waals surface area contributed by atoms with Crippen LogP contribution < -0.4 is 9.80 Å². The Bertz CT molecular complexity index is 795. The number of nitrogens with one attached hydrogen (secondary N) is 2. The normalized spacial score (nSPS) is 21.6. The number of nitrogens with zero attached hydrogens (tertiary/aromatic N) is 4. The number of quaternary nitrogens is 2. The zero-order chi connectivity index (χ0) is 15.6. The molecule has 23 heavy (non-hydrogen) atoms. The Morgan fingerprint density at radius 3 is 2.48 bits per heavy atom. The van der Waals surface area contributed by atoms with E-state index in [2.05, 4.69) is 32.9 Å². The predicted octanol–water partition coefficient (Wildman–Crippen LogP) is -0.210. The summed E-state index contributed by atoms with van der Waals surface area (Å²) in [6.45, 7) is 6.31. The molecule has 4 rings (SSSR count). The van der Waals surface area contributed by atoms with E-state index in [9.17, 15) is 0 Å². The zero-order valence-corrected chi connectivity index (χ0v) is 13.9. The van der Waals surface area contributed by atoms with Gasteiger partial charge >= 0.3 is 5.95 Å². The number of thiophene rings is 1. The fourth-order valence-electron chi connectivity index (χ4n) is 3.16. The van der Waals surface area contributed by atoms with E-state index >= 15 is 0 Å². The Balaban J connectivity index is 1.55. The third kappa shape index (κ3) is 2.83. The van der Waals surface area contributed by atoms with Gasteiger partial charge in [0.25, 0.3) is 0 Å². The molecule has 0 aromatic carbocycles. The molecule has 1 saturated heterocycles. The second kappa shape index (κ2) is 6.27. The monoisotopic (exact) mass is 328 g/mol. The number of fused-ring (bicyclic) bond motifs is 1. The molecule has 7 heteroatoms. The van der Waals surface area contributed by atoms with Crippen LogP contribution in [-0.4, -0.2) is 46.1 Å². The summed E-state index contributed by atoms with van der Waals surface area (Å²) < 4.78 is 0. The Kier molecular flexibility index (Phi) is 3.99. The Hall–Kier alpha value is -1.96. The fourth-order valence-corrected chi connectivity index (χ4v) is 4.09. The molecular formula is C16H20N6S+2. The molecule has 118 valence electrons. The van der Waals surface area contributed by atoms with Crippen molar-refractivity contribution in [1.29, 1.82) is 0 Å². The van der Waals surface area contributed by atoms with E-state index in [-0.39, 0.29) is 0 Å². The maximum absolute atomic E-state index is 4.59. The highest BCUT2D eigenvalue weighted by atomic mass is 32.1. The highest BCUT2D eigenvalue weighted by Crippen LogP contribution is 2.26. The summed E-state index contributed by atoms with van der Waals surface area (Å²) in [5.41, 5.74) is 0. The van der Waals surface area contributed by atoms with E-state index in [1.165, 1.54) is 20.1 Å². The smallest absolute Gasteiger partial charge is 0.276 e. The molecular weight excluding hydrogens is 308 g/mol. The fraction of sp³-hybridized carbons (Fsp3) is 0.375. The van der Waals surface area contributed by atoms with Crippen molar-refractivity contribution >= 4 is 33.3 Å². The molecule has 1 aliphatic heterocycles. The largest absolute Gasteiger partial charge is 0.327 e. The molecule has 3 aromatic rings. The Labute approximate surface area is 138 Å². The standard InChI is InChI=1S/C16H18N6S/c1-2-12-10-13-14(19-11-20-15(13)23-12)21-6-8-22(9-7-21)16-17-4-3-5-18-16/h3-5,10-11H,2,6-9H2,1H3/p+2. The van der Waals surface area contributed by atoms with Crippen LogP contribution in [-0.2, 0) is 6.42 Å². The molecule has 0 aliphatic carbocycles. The molecule has 1 aliphatic rings. The molecule has 0 bridgehead atoms. The number of piperazine rings is 1. The van der Waals surface area contributed by atoms with Gasteiger partial charge in [0.15, 0.2) is 0 Å². The van der Waals surface area contributed by atoms with Crippen molar-refractivity contribution in [1.82, 2.24) is 19.9 Å². The van der Waals surface area contributed by atoms with Crippen molar-refractivity contribution in [3.63, 3.8) is 0 Å². The minimum Gasteiger partial charge on any atom is -0.276 e. The number of hydrogen-bond acceptors (Lipinski definition) is 5. The van der Waals surface area contributed by atoms with Crippen LogP contribution in [0.2, 0.25) is 0 Å². The molecule has 0 unspecified atom stereocenters. The van der Waals surface area contributed by atoms with Gasteiger partial charge in [0.05, 0.1) is 5.39 Å². The van der Waals surface area contributed by atoms with Gasteiger partial charge in [0.2, 0.25) is 5.82 Å². The van der Waals surface area contributed by atoms with Crippen molar-refractivity contribution < 1.29 is 9.80 Å². The third-order valence-electron chi connectivity index (χ3n) is 4.40. The maximum atomic E-state index is 4.59. The average Bonchev–Trinajstić information content (AvgIpc) is 3.06. The van der Waals surface area contributed by atoms with E-state index < -0.39 is 0 Å². The summed E-state index contributed by atoms with van der Waals surface area (Å²) in [6, 6.07) is 4.13. The summed E-state index contributed by atoms with van der Waals surface area (Å²) in [6.07, 6.45) is 6.40. The number of rotatable bonds is 3. The SMILES string of the molecule is CCc1cc2c([NH+]3CC[NH+](c4ncccn4)CC3)ncnc2s1. The van der Waals surface area contributed by atoms with Crippen molar-refractivity contribution in [2.75, 3.05) is 26.2 Å². The molecule has 0 spiro atoms. The molecule has 0 atom stereocenters. The Morgan fingerprint density at radius 2 is 1.74 bits per heavy atom. The van der Waals surface area contributed by atoms with Gasteiger partial charge in [0, 0.05) is 17.3 Å². The minimum absolute atomic E-state index is 0.906. The van der Waals surface area contributed by atoms with E-state index in [4.69, 9.17) is 0 Å². The first-order valence-electron chi connectivity index (χ1n) is 8.05. The van der Waals surface area contributed by atoms with Crippen molar-refractivity contribution in [2.24, 2.45) is 0 Å². The van der Waals surface area contributed by atoms with Crippen LogP contribution in [0, 0.1) is 0 Å². The van der Waals surface area contributed by atoms with E-state index in [1.54, 1.807) is 17.7 Å². The van der Waals surface area contributed by atoms with Gasteiger partial charge < -0.3 is 0 Å². The molecule has 1 fully saturated rings. The van der Waals surface area contributed by atoms with Gasteiger partial charge in [-0.3, -0.25) is 9.80 Å². The summed E-state index contributed by atoms with van der Waals surface area (Å²) in [4.78, 5) is 23.1. The molecule has 6 nitrogen and oxygen atoms in total. The first kappa shape index (κ1) is 14.6. The van der Waals surface area contributed by atoms with E-state index in [0.717, 1.165) is 49.2 Å². The van der Waals surface area contributed by atoms with Crippen LogP contribution in [0.15, 0.2) is 30.9 Å². The average molecular weight is 328 g/mol.